The highest BCUT2D eigenvalue weighted by Crippen LogP contribution is 2.56. The van der Waals surface area contributed by atoms with Gasteiger partial charge in [-0.25, -0.2) is 0 Å². The molecule has 0 amide bonds. The van der Waals surface area contributed by atoms with Crippen LogP contribution in [-0.2, 0) is 58.9 Å². The summed E-state index contributed by atoms with van der Waals surface area (Å²) in [6, 6.07) is 3.33. The molecule has 0 aromatic carbocycles. The van der Waals surface area contributed by atoms with Crippen LogP contribution in [0.15, 0.2) is 0 Å². The Morgan fingerprint density at radius 1 is 0.414 bits per heavy atom. The summed E-state index contributed by atoms with van der Waals surface area (Å²) >= 11 is 3.45. The van der Waals surface area contributed by atoms with Crippen molar-refractivity contribution < 1.29 is 58.9 Å². The second-order valence-corrected chi connectivity index (χ2v) is 46.7. The number of halogens is 1. The lowest BCUT2D eigenvalue weighted by molar-refractivity contribution is -0.145. The molecule has 6 fully saturated rings. The number of carbonyl (C=O) groups is 1. The minimum Gasteiger partial charge on any atom is -0.465 e. The lowest BCUT2D eigenvalue weighted by Crippen LogP contribution is -2.88. The molecule has 0 spiro atoms. The first-order valence-corrected chi connectivity index (χ1v) is 38.1. The summed E-state index contributed by atoms with van der Waals surface area (Å²) in [4.78, 5) is 12.9. The predicted molar refractivity (Wildman–Crippen MR) is 240 cm³/mol. The normalized spacial score (nSPS) is 39.0. The molecule has 338 valence electrons. The maximum absolute atomic E-state index is 12.9. The molecule has 0 atom stereocenters. The number of ether oxygens (including phenoxy) is 1. The molecule has 0 N–H and O–H groups in total. The summed E-state index contributed by atoms with van der Waals surface area (Å²) in [5.74, 6) is 0.219. The monoisotopic (exact) mass is 1020 g/mol. The van der Waals surface area contributed by atoms with E-state index in [-0.39, 0.29) is 60.0 Å². The summed E-state index contributed by atoms with van der Waals surface area (Å²) in [7, 11) is -32.0. The van der Waals surface area contributed by atoms with Gasteiger partial charge < -0.3 is 54.1 Å². The smallest absolute Gasteiger partial charge is 0.465 e. The van der Waals surface area contributed by atoms with Crippen LogP contribution in [0.3, 0.4) is 0 Å². The minimum absolute atomic E-state index is 0.0684. The van der Waals surface area contributed by atoms with Gasteiger partial charge in [0.05, 0.1) is 6.61 Å². The first-order chi connectivity index (χ1) is 26.5. The Hall–Kier alpha value is 1.21. The third kappa shape index (κ3) is 12.1. The molecule has 0 aliphatic carbocycles. The summed E-state index contributed by atoms with van der Waals surface area (Å²) in [5, 5.41) is 0. The molecule has 0 unspecified atom stereocenters. The van der Waals surface area contributed by atoms with E-state index < -0.39 is 74.8 Å². The lowest BCUT2D eigenvalue weighted by Gasteiger charge is -2.64. The van der Waals surface area contributed by atoms with Gasteiger partial charge in [0.15, 0.2) is 0 Å². The minimum atomic E-state index is -4.11. The van der Waals surface area contributed by atoms with Crippen LogP contribution in [0.1, 0.15) is 117 Å². The Morgan fingerprint density at radius 2 is 0.603 bits per heavy atom. The quantitative estimate of drug-likeness (QED) is 0.0526. The van der Waals surface area contributed by atoms with E-state index in [0.717, 1.165) is 0 Å². The maximum atomic E-state index is 12.9. The molecule has 6 heterocycles. The fourth-order valence-corrected chi connectivity index (χ4v) is 60.2. The van der Waals surface area contributed by atoms with E-state index in [0.29, 0.717) is 48.7 Å². The molecule has 6 aliphatic rings. The van der Waals surface area contributed by atoms with Gasteiger partial charge in [-0.3, -0.25) is 4.79 Å². The van der Waals surface area contributed by atoms with Gasteiger partial charge >= 0.3 is 76.4 Å². The zero-order valence-electron chi connectivity index (χ0n) is 38.2. The van der Waals surface area contributed by atoms with E-state index in [2.05, 4.69) is 113 Å². The van der Waals surface area contributed by atoms with Crippen molar-refractivity contribution in [2.75, 3.05) is 6.61 Å². The first-order valence-electron chi connectivity index (χ1n) is 21.8. The molecule has 6 saturated heterocycles. The molecule has 0 aromatic rings. The number of carbonyl (C=O) groups excluding carboxylic acids is 1. The molecule has 23 heteroatoms. The Kier molecular flexibility index (Phi) is 15.8. The van der Waals surface area contributed by atoms with Crippen LogP contribution in [0.25, 0.3) is 0 Å². The van der Waals surface area contributed by atoms with Crippen molar-refractivity contribution >= 4 is 92.3 Å². The number of esters is 1. The lowest BCUT2D eigenvalue weighted by atomic mass is 10.2. The number of rotatable bonds is 19. The molecule has 6 aliphatic heterocycles. The highest BCUT2D eigenvalue weighted by atomic mass is 79.9. The van der Waals surface area contributed by atoms with Crippen molar-refractivity contribution in [2.45, 2.75) is 170 Å². The molecule has 0 saturated carbocycles. The molecule has 6 rings (SSSR count). The van der Waals surface area contributed by atoms with Gasteiger partial charge in [-0.1, -0.05) is 113 Å². The van der Waals surface area contributed by atoms with Gasteiger partial charge in [-0.2, -0.15) is 0 Å². The zero-order valence-corrected chi connectivity index (χ0v) is 47.8. The summed E-state index contributed by atoms with van der Waals surface area (Å²) in [6.07, 6.45) is 0.372. The van der Waals surface area contributed by atoms with Gasteiger partial charge in [0.1, 0.15) is 4.32 Å². The average Bonchev–Trinajstić information content (AvgIpc) is 2.91. The number of alkyl halides is 1. The summed E-state index contributed by atoms with van der Waals surface area (Å²) < 4.78 is 98.1. The Labute approximate surface area is 367 Å². The number of hydrogen-bond acceptors (Lipinski definition) is 14. The van der Waals surface area contributed by atoms with Crippen molar-refractivity contribution in [2.24, 2.45) is 41.4 Å². The van der Waals surface area contributed by atoms with E-state index >= 15 is 0 Å². The molecule has 14 nitrogen and oxygen atoms in total. The van der Waals surface area contributed by atoms with E-state index in [1.807, 2.05) is 0 Å². The molecule has 8 bridgehead atoms. The first kappa shape index (κ1) is 50.2. The Balaban J connectivity index is 1.89. The third-order valence-electron chi connectivity index (χ3n) is 9.69. The third-order valence-corrected chi connectivity index (χ3v) is 50.0. The number of hydrogen-bond donors (Lipinski definition) is 0. The van der Waals surface area contributed by atoms with E-state index in [4.69, 9.17) is 54.1 Å². The Morgan fingerprint density at radius 3 is 0.776 bits per heavy atom. The van der Waals surface area contributed by atoms with Crippen LogP contribution in [-0.4, -0.2) is 87.3 Å². The van der Waals surface area contributed by atoms with Crippen LogP contribution in [0.5, 0.6) is 0 Å². The SMILES string of the molecule is CC(C)C[Si]12O[Si]3(CCCOC(=O)C(C)(C)Br)O[Si]4(CC(C)C)O[Si](CC(C)C)(O1)O[Si]1(CC(C)C)O[Si](CC(C)C)(O2)O[Si](CC(C)C)(O3)O[Si](CC(C)C)(O4)O1. The fraction of sp³-hybridized carbons (Fsp3) is 0.971. The van der Waals surface area contributed by atoms with Crippen LogP contribution >= 0.6 is 15.9 Å². The molecule has 0 radical (unpaired) electrons. The molecule has 58 heavy (non-hydrogen) atoms. The van der Waals surface area contributed by atoms with Gasteiger partial charge in [-0.15, -0.1) is 0 Å². The summed E-state index contributed by atoms with van der Waals surface area (Å²) in [5.41, 5.74) is 0. The van der Waals surface area contributed by atoms with E-state index in [1.54, 1.807) is 13.8 Å². The van der Waals surface area contributed by atoms with Crippen molar-refractivity contribution in [3.05, 3.63) is 0 Å². The largest absolute Gasteiger partial charge is 0.479 e. The second-order valence-electron chi connectivity index (χ2n) is 20.6. The van der Waals surface area contributed by atoms with Crippen molar-refractivity contribution in [3.63, 3.8) is 0 Å². The van der Waals surface area contributed by atoms with Gasteiger partial charge in [0, 0.05) is 48.4 Å². The van der Waals surface area contributed by atoms with Crippen LogP contribution in [0, 0.1) is 41.4 Å². The van der Waals surface area contributed by atoms with Crippen molar-refractivity contribution in [1.29, 1.82) is 0 Å². The second kappa shape index (κ2) is 18.2. The topological polar surface area (TPSA) is 137 Å². The standard InChI is InChI=1S/C35H75BrO14Si8/c1-27(2)20-52-39-51(19-17-18-38-34(37)35(15,16)36)40-53(21-28(3)4)44-55(42-52,23-30(7)8)48-58(26-33(13)14)49-56(43-52,24-31(9)10)45-54(41-51,22-29(5)6)47-57(46-53,50-58)25-32(11)12/h27-33H,17-26H2,1-16H3. The van der Waals surface area contributed by atoms with Crippen molar-refractivity contribution in [1.82, 2.24) is 0 Å². The predicted octanol–water partition coefficient (Wildman–Crippen LogP) is 9.46. The van der Waals surface area contributed by atoms with E-state index in [1.165, 1.54) is 0 Å². The average molecular weight is 1020 g/mol. The highest BCUT2D eigenvalue weighted by molar-refractivity contribution is 9.10. The molecular weight excluding hydrogens is 949 g/mol. The van der Waals surface area contributed by atoms with Crippen LogP contribution in [0.4, 0.5) is 0 Å². The fourth-order valence-electron chi connectivity index (χ4n) is 8.50. The van der Waals surface area contributed by atoms with Gasteiger partial charge in [-0.05, 0) is 61.7 Å². The zero-order chi connectivity index (χ0) is 43.4. The molecular formula is C35H75BrO14Si8. The molecule has 0 aromatic heterocycles. The van der Waals surface area contributed by atoms with Gasteiger partial charge in [0.25, 0.3) is 0 Å². The van der Waals surface area contributed by atoms with Gasteiger partial charge in [0.2, 0.25) is 0 Å². The van der Waals surface area contributed by atoms with Crippen molar-refractivity contribution in [3.8, 4) is 0 Å². The summed E-state index contributed by atoms with van der Waals surface area (Å²) in [6.45, 7) is 33.6. The van der Waals surface area contributed by atoms with E-state index in [9.17, 15) is 4.79 Å². The van der Waals surface area contributed by atoms with Crippen LogP contribution < -0.4 is 0 Å². The van der Waals surface area contributed by atoms with Crippen LogP contribution in [0.2, 0.25) is 48.4 Å². The highest BCUT2D eigenvalue weighted by Gasteiger charge is 2.83. The maximum Gasteiger partial charge on any atom is 0.479 e. The Bertz CT molecular complexity index is 1290.